The zero-order valence-corrected chi connectivity index (χ0v) is 14.3. The molecule has 0 radical (unpaired) electrons. The van der Waals surface area contributed by atoms with Gasteiger partial charge in [0.2, 0.25) is 10.0 Å². The highest BCUT2D eigenvalue weighted by atomic mass is 79.9. The standard InChI is InChI=1S/C13H17BrN2O4S/c1-20-10-3-4-12(14)11(9-10)13(17)15-5-7-16(8-6-15)21(2,18)19/h3-4,9H,5-8H2,1-2H3. The number of methoxy groups -OCH3 is 1. The number of carbonyl (C=O) groups excluding carboxylic acids is 1. The van der Waals surface area contributed by atoms with Crippen molar-refractivity contribution in [2.24, 2.45) is 0 Å². The second kappa shape index (κ2) is 6.33. The number of rotatable bonds is 3. The number of amides is 1. The SMILES string of the molecule is COc1ccc(Br)c(C(=O)N2CCN(S(C)(=O)=O)CC2)c1. The molecule has 21 heavy (non-hydrogen) atoms. The molecule has 0 saturated carbocycles. The van der Waals surface area contributed by atoms with Gasteiger partial charge in [0, 0.05) is 30.7 Å². The summed E-state index contributed by atoms with van der Waals surface area (Å²) in [5, 5.41) is 0. The van der Waals surface area contributed by atoms with Crippen molar-refractivity contribution in [3.63, 3.8) is 0 Å². The van der Waals surface area contributed by atoms with Crippen LogP contribution in [0.5, 0.6) is 5.75 Å². The summed E-state index contributed by atoms with van der Waals surface area (Å²) in [6, 6.07) is 5.20. The van der Waals surface area contributed by atoms with Gasteiger partial charge in [0.15, 0.2) is 0 Å². The molecular weight excluding hydrogens is 360 g/mol. The minimum atomic E-state index is -3.19. The van der Waals surface area contributed by atoms with Gasteiger partial charge in [-0.1, -0.05) is 0 Å². The predicted molar refractivity (Wildman–Crippen MR) is 83.0 cm³/mol. The number of piperazine rings is 1. The van der Waals surface area contributed by atoms with Crippen LogP contribution in [0.15, 0.2) is 22.7 Å². The van der Waals surface area contributed by atoms with E-state index in [0.717, 1.165) is 0 Å². The maximum Gasteiger partial charge on any atom is 0.255 e. The van der Waals surface area contributed by atoms with Gasteiger partial charge in [0.05, 0.1) is 18.9 Å². The van der Waals surface area contributed by atoms with Gasteiger partial charge in [-0.2, -0.15) is 4.31 Å². The third-order valence-electron chi connectivity index (χ3n) is 3.40. The fraction of sp³-hybridized carbons (Fsp3) is 0.462. The zero-order valence-electron chi connectivity index (χ0n) is 11.9. The number of nitrogens with zero attached hydrogens (tertiary/aromatic N) is 2. The number of benzene rings is 1. The van der Waals surface area contributed by atoms with E-state index < -0.39 is 10.0 Å². The molecule has 1 amide bonds. The molecule has 0 spiro atoms. The van der Waals surface area contributed by atoms with Gasteiger partial charge in [-0.05, 0) is 34.1 Å². The molecule has 0 N–H and O–H groups in total. The third-order valence-corrected chi connectivity index (χ3v) is 5.39. The summed E-state index contributed by atoms with van der Waals surface area (Å²) in [5.41, 5.74) is 0.516. The van der Waals surface area contributed by atoms with Crippen LogP contribution in [0.25, 0.3) is 0 Å². The Balaban J connectivity index is 2.12. The van der Waals surface area contributed by atoms with E-state index >= 15 is 0 Å². The largest absolute Gasteiger partial charge is 0.497 e. The number of hydrogen-bond acceptors (Lipinski definition) is 4. The summed E-state index contributed by atoms with van der Waals surface area (Å²) in [6.07, 6.45) is 1.18. The van der Waals surface area contributed by atoms with Gasteiger partial charge in [-0.25, -0.2) is 8.42 Å². The van der Waals surface area contributed by atoms with Crippen molar-refractivity contribution in [2.45, 2.75) is 0 Å². The van der Waals surface area contributed by atoms with Crippen LogP contribution in [0.1, 0.15) is 10.4 Å². The smallest absolute Gasteiger partial charge is 0.255 e. The quantitative estimate of drug-likeness (QED) is 0.794. The van der Waals surface area contributed by atoms with Crippen LogP contribution in [-0.4, -0.2) is 63.1 Å². The van der Waals surface area contributed by atoms with E-state index in [9.17, 15) is 13.2 Å². The topological polar surface area (TPSA) is 66.9 Å². The Labute approximate surface area is 132 Å². The molecule has 1 fully saturated rings. The van der Waals surface area contributed by atoms with E-state index in [1.165, 1.54) is 10.6 Å². The zero-order chi connectivity index (χ0) is 15.6. The highest BCUT2D eigenvalue weighted by Gasteiger charge is 2.27. The van der Waals surface area contributed by atoms with Gasteiger partial charge >= 0.3 is 0 Å². The Morgan fingerprint density at radius 3 is 2.38 bits per heavy atom. The van der Waals surface area contributed by atoms with Crippen LogP contribution in [0, 0.1) is 0 Å². The van der Waals surface area contributed by atoms with E-state index in [1.54, 1.807) is 30.2 Å². The normalized spacial score (nSPS) is 16.8. The van der Waals surface area contributed by atoms with Crippen molar-refractivity contribution in [3.8, 4) is 5.75 Å². The second-order valence-corrected chi connectivity index (χ2v) is 7.64. The lowest BCUT2D eigenvalue weighted by atomic mass is 10.1. The molecule has 0 unspecified atom stereocenters. The number of ether oxygens (including phenoxy) is 1. The molecule has 1 aliphatic heterocycles. The first-order valence-corrected chi connectivity index (χ1v) is 9.05. The fourth-order valence-corrected chi connectivity index (χ4v) is 3.43. The van der Waals surface area contributed by atoms with Crippen LogP contribution in [-0.2, 0) is 10.0 Å². The Kier molecular flexibility index (Phi) is 4.90. The van der Waals surface area contributed by atoms with Gasteiger partial charge in [-0.15, -0.1) is 0 Å². The van der Waals surface area contributed by atoms with E-state index in [-0.39, 0.29) is 5.91 Å². The maximum atomic E-state index is 12.5. The van der Waals surface area contributed by atoms with Gasteiger partial charge < -0.3 is 9.64 Å². The first-order valence-electron chi connectivity index (χ1n) is 6.41. The Morgan fingerprint density at radius 2 is 1.86 bits per heavy atom. The Hall–Kier alpha value is -1.12. The molecule has 1 saturated heterocycles. The monoisotopic (exact) mass is 376 g/mol. The molecule has 1 aromatic carbocycles. The van der Waals surface area contributed by atoms with E-state index in [4.69, 9.17) is 4.74 Å². The minimum Gasteiger partial charge on any atom is -0.497 e. The number of halogens is 1. The molecule has 1 aliphatic rings. The fourth-order valence-electron chi connectivity index (χ4n) is 2.19. The summed E-state index contributed by atoms with van der Waals surface area (Å²) in [4.78, 5) is 14.2. The molecule has 2 rings (SSSR count). The molecule has 8 heteroatoms. The molecule has 0 aromatic heterocycles. The van der Waals surface area contributed by atoms with Crippen molar-refractivity contribution in [1.82, 2.24) is 9.21 Å². The number of sulfonamides is 1. The Morgan fingerprint density at radius 1 is 1.24 bits per heavy atom. The van der Waals surface area contributed by atoms with Crippen molar-refractivity contribution in [1.29, 1.82) is 0 Å². The third kappa shape index (κ3) is 3.75. The molecular formula is C13H17BrN2O4S. The van der Waals surface area contributed by atoms with Crippen LogP contribution >= 0.6 is 15.9 Å². The summed E-state index contributed by atoms with van der Waals surface area (Å²) in [5.74, 6) is 0.477. The first-order chi connectivity index (χ1) is 9.82. The van der Waals surface area contributed by atoms with Crippen LogP contribution in [0.4, 0.5) is 0 Å². The maximum absolute atomic E-state index is 12.5. The first kappa shape index (κ1) is 16.3. The molecule has 0 aliphatic carbocycles. The average molecular weight is 377 g/mol. The lowest BCUT2D eigenvalue weighted by molar-refractivity contribution is 0.0697. The van der Waals surface area contributed by atoms with E-state index in [0.29, 0.717) is 42.0 Å². The van der Waals surface area contributed by atoms with Crippen LogP contribution < -0.4 is 4.74 Å². The summed E-state index contributed by atoms with van der Waals surface area (Å²) < 4.78 is 30.1. The summed E-state index contributed by atoms with van der Waals surface area (Å²) in [7, 11) is -1.65. The molecule has 116 valence electrons. The lowest BCUT2D eigenvalue weighted by Crippen LogP contribution is -2.50. The highest BCUT2D eigenvalue weighted by Crippen LogP contribution is 2.24. The minimum absolute atomic E-state index is 0.131. The van der Waals surface area contributed by atoms with Gasteiger partial charge in [-0.3, -0.25) is 4.79 Å². The van der Waals surface area contributed by atoms with Crippen molar-refractivity contribution < 1.29 is 17.9 Å². The van der Waals surface area contributed by atoms with Crippen LogP contribution in [0.2, 0.25) is 0 Å². The van der Waals surface area contributed by atoms with Gasteiger partial charge in [0.25, 0.3) is 5.91 Å². The Bertz CT molecular complexity index is 640. The van der Waals surface area contributed by atoms with Crippen molar-refractivity contribution in [3.05, 3.63) is 28.2 Å². The summed E-state index contributed by atoms with van der Waals surface area (Å²) >= 11 is 3.36. The lowest BCUT2D eigenvalue weighted by Gasteiger charge is -2.33. The molecule has 1 aromatic rings. The number of carbonyl (C=O) groups is 1. The van der Waals surface area contributed by atoms with E-state index in [1.807, 2.05) is 0 Å². The molecule has 0 atom stereocenters. The van der Waals surface area contributed by atoms with Gasteiger partial charge in [0.1, 0.15) is 5.75 Å². The molecule has 0 bridgehead atoms. The van der Waals surface area contributed by atoms with E-state index in [2.05, 4.69) is 15.9 Å². The van der Waals surface area contributed by atoms with Crippen molar-refractivity contribution in [2.75, 3.05) is 39.5 Å². The molecule has 6 nitrogen and oxygen atoms in total. The molecule has 1 heterocycles. The van der Waals surface area contributed by atoms with Crippen LogP contribution in [0.3, 0.4) is 0 Å². The number of hydrogen-bond donors (Lipinski definition) is 0. The highest BCUT2D eigenvalue weighted by molar-refractivity contribution is 9.10. The average Bonchev–Trinajstić information content (AvgIpc) is 2.46. The second-order valence-electron chi connectivity index (χ2n) is 4.80. The predicted octanol–water partition coefficient (Wildman–Crippen LogP) is 1.18. The summed E-state index contributed by atoms with van der Waals surface area (Å²) in [6.45, 7) is 1.42. The van der Waals surface area contributed by atoms with Crippen molar-refractivity contribution >= 4 is 31.9 Å².